The van der Waals surface area contributed by atoms with Crippen molar-refractivity contribution in [2.75, 3.05) is 6.54 Å². The van der Waals surface area contributed by atoms with Gasteiger partial charge in [0, 0.05) is 12.7 Å². The van der Waals surface area contributed by atoms with E-state index in [1.807, 2.05) is 0 Å². The SMILES string of the molecule is CCCCNC(=O)C1(NC(=O)c2ccn(-c3ccccc3F)n2)CCCCC1. The van der Waals surface area contributed by atoms with Gasteiger partial charge < -0.3 is 10.6 Å². The molecule has 1 saturated carbocycles. The monoisotopic (exact) mass is 386 g/mol. The molecule has 2 aromatic rings. The van der Waals surface area contributed by atoms with Crippen LogP contribution in [-0.2, 0) is 4.79 Å². The number of nitrogens with zero attached hydrogens (tertiary/aromatic N) is 2. The molecule has 0 unspecified atom stereocenters. The van der Waals surface area contributed by atoms with Crippen LogP contribution in [0.1, 0.15) is 62.4 Å². The van der Waals surface area contributed by atoms with E-state index in [4.69, 9.17) is 0 Å². The average molecular weight is 386 g/mol. The first kappa shape index (κ1) is 20.0. The van der Waals surface area contributed by atoms with Crippen molar-refractivity contribution in [2.45, 2.75) is 57.4 Å². The largest absolute Gasteiger partial charge is 0.354 e. The quantitative estimate of drug-likeness (QED) is 0.717. The summed E-state index contributed by atoms with van der Waals surface area (Å²) in [6.07, 6.45) is 7.52. The number of rotatable bonds is 7. The van der Waals surface area contributed by atoms with Crippen molar-refractivity contribution in [3.05, 3.63) is 48.0 Å². The molecule has 1 heterocycles. The van der Waals surface area contributed by atoms with Crippen molar-refractivity contribution in [1.82, 2.24) is 20.4 Å². The number of carbonyl (C=O) groups excluding carboxylic acids is 2. The van der Waals surface area contributed by atoms with Crippen LogP contribution < -0.4 is 10.6 Å². The standard InChI is InChI=1S/C21H27FN4O2/c1-2-3-14-23-20(28)21(12-7-4-8-13-21)24-19(27)17-11-15-26(25-17)18-10-6-5-9-16(18)22/h5-6,9-11,15H,2-4,7-8,12-14H2,1H3,(H,23,28)(H,24,27). The minimum Gasteiger partial charge on any atom is -0.354 e. The molecule has 1 aliphatic carbocycles. The Balaban J connectivity index is 1.75. The molecule has 1 fully saturated rings. The third-order valence-electron chi connectivity index (χ3n) is 5.23. The van der Waals surface area contributed by atoms with Gasteiger partial charge in [-0.15, -0.1) is 0 Å². The molecule has 0 spiro atoms. The first-order valence-corrected chi connectivity index (χ1v) is 9.97. The molecular formula is C21H27FN4O2. The van der Waals surface area contributed by atoms with Gasteiger partial charge in [-0.25, -0.2) is 9.07 Å². The minimum absolute atomic E-state index is 0.123. The molecule has 0 saturated heterocycles. The molecule has 0 bridgehead atoms. The van der Waals surface area contributed by atoms with E-state index in [2.05, 4.69) is 22.7 Å². The summed E-state index contributed by atoms with van der Waals surface area (Å²) < 4.78 is 15.3. The first-order valence-electron chi connectivity index (χ1n) is 9.97. The van der Waals surface area contributed by atoms with E-state index in [0.29, 0.717) is 19.4 Å². The molecule has 0 radical (unpaired) electrons. The Morgan fingerprint density at radius 1 is 1.18 bits per heavy atom. The summed E-state index contributed by atoms with van der Waals surface area (Å²) in [5.74, 6) is -0.957. The van der Waals surface area contributed by atoms with Crippen molar-refractivity contribution in [1.29, 1.82) is 0 Å². The third kappa shape index (κ3) is 4.40. The molecule has 0 aliphatic heterocycles. The van der Waals surface area contributed by atoms with Crippen molar-refractivity contribution in [3.8, 4) is 5.69 Å². The second-order valence-electron chi connectivity index (χ2n) is 7.30. The number of aromatic nitrogens is 2. The van der Waals surface area contributed by atoms with Gasteiger partial charge in [0.1, 0.15) is 17.0 Å². The second kappa shape index (κ2) is 8.99. The number of amides is 2. The number of para-hydroxylation sites is 1. The maximum Gasteiger partial charge on any atom is 0.272 e. The Labute approximate surface area is 164 Å². The van der Waals surface area contributed by atoms with E-state index in [0.717, 1.165) is 32.1 Å². The molecule has 1 aliphatic rings. The zero-order valence-corrected chi connectivity index (χ0v) is 16.2. The van der Waals surface area contributed by atoms with E-state index in [1.54, 1.807) is 24.4 Å². The Morgan fingerprint density at radius 3 is 2.64 bits per heavy atom. The molecule has 2 N–H and O–H groups in total. The van der Waals surface area contributed by atoms with Crippen LogP contribution in [0.5, 0.6) is 0 Å². The summed E-state index contributed by atoms with van der Waals surface area (Å²) in [6.45, 7) is 2.67. The van der Waals surface area contributed by atoms with Crippen LogP contribution in [0, 0.1) is 5.82 Å². The van der Waals surface area contributed by atoms with Gasteiger partial charge in [0.25, 0.3) is 5.91 Å². The summed E-state index contributed by atoms with van der Waals surface area (Å²) in [5.41, 5.74) is -0.467. The summed E-state index contributed by atoms with van der Waals surface area (Å²) in [7, 11) is 0. The van der Waals surface area contributed by atoms with Crippen LogP contribution in [0.2, 0.25) is 0 Å². The minimum atomic E-state index is -0.898. The summed E-state index contributed by atoms with van der Waals surface area (Å²) >= 11 is 0. The van der Waals surface area contributed by atoms with Gasteiger partial charge in [-0.05, 0) is 37.5 Å². The number of hydrogen-bond acceptors (Lipinski definition) is 3. The van der Waals surface area contributed by atoms with Gasteiger partial charge in [0.05, 0.1) is 0 Å². The Morgan fingerprint density at radius 2 is 1.93 bits per heavy atom. The lowest BCUT2D eigenvalue weighted by Gasteiger charge is -2.36. The lowest BCUT2D eigenvalue weighted by atomic mass is 9.80. The van der Waals surface area contributed by atoms with Crippen molar-refractivity contribution < 1.29 is 14.0 Å². The molecule has 150 valence electrons. The van der Waals surface area contributed by atoms with Crippen LogP contribution >= 0.6 is 0 Å². The first-order chi connectivity index (χ1) is 13.6. The maximum atomic E-state index is 14.0. The molecule has 1 aromatic carbocycles. The Kier molecular flexibility index (Phi) is 6.44. The number of hydrogen-bond donors (Lipinski definition) is 2. The number of benzene rings is 1. The smallest absolute Gasteiger partial charge is 0.272 e. The van der Waals surface area contributed by atoms with Gasteiger partial charge in [-0.3, -0.25) is 9.59 Å². The average Bonchev–Trinajstić information content (AvgIpc) is 3.19. The normalized spacial score (nSPS) is 15.8. The summed E-state index contributed by atoms with van der Waals surface area (Å²) in [6, 6.07) is 7.77. The molecular weight excluding hydrogens is 359 g/mol. The zero-order chi connectivity index (χ0) is 20.0. The van der Waals surface area contributed by atoms with E-state index < -0.39 is 17.3 Å². The molecule has 2 amide bonds. The molecule has 6 nitrogen and oxygen atoms in total. The molecule has 3 rings (SSSR count). The van der Waals surface area contributed by atoms with Gasteiger partial charge in [0.15, 0.2) is 5.69 Å². The number of nitrogens with one attached hydrogen (secondary N) is 2. The van der Waals surface area contributed by atoms with Crippen molar-refractivity contribution in [2.24, 2.45) is 0 Å². The van der Waals surface area contributed by atoms with Crippen LogP contribution in [0.15, 0.2) is 36.5 Å². The van der Waals surface area contributed by atoms with Crippen LogP contribution in [-0.4, -0.2) is 33.7 Å². The molecule has 28 heavy (non-hydrogen) atoms. The highest BCUT2D eigenvalue weighted by atomic mass is 19.1. The lowest BCUT2D eigenvalue weighted by molar-refractivity contribution is -0.128. The number of carbonyl (C=O) groups is 2. The molecule has 7 heteroatoms. The third-order valence-corrected chi connectivity index (χ3v) is 5.23. The molecule has 0 atom stereocenters. The fourth-order valence-electron chi connectivity index (χ4n) is 3.61. The fourth-order valence-corrected chi connectivity index (χ4v) is 3.61. The number of unbranched alkanes of at least 4 members (excludes halogenated alkanes) is 1. The zero-order valence-electron chi connectivity index (χ0n) is 16.2. The Hall–Kier alpha value is -2.70. The predicted octanol–water partition coefficient (Wildman–Crippen LogP) is 3.36. The predicted molar refractivity (Wildman–Crippen MR) is 105 cm³/mol. The van der Waals surface area contributed by atoms with Crippen molar-refractivity contribution >= 4 is 11.8 Å². The van der Waals surface area contributed by atoms with Crippen LogP contribution in [0.25, 0.3) is 5.69 Å². The van der Waals surface area contributed by atoms with E-state index in [-0.39, 0.29) is 17.3 Å². The van der Waals surface area contributed by atoms with E-state index in [9.17, 15) is 14.0 Å². The number of halogens is 1. The maximum absolute atomic E-state index is 14.0. The topological polar surface area (TPSA) is 76.0 Å². The van der Waals surface area contributed by atoms with Gasteiger partial charge in [-0.1, -0.05) is 44.7 Å². The van der Waals surface area contributed by atoms with E-state index in [1.165, 1.54) is 16.8 Å². The van der Waals surface area contributed by atoms with Gasteiger partial charge in [0.2, 0.25) is 5.91 Å². The van der Waals surface area contributed by atoms with Gasteiger partial charge in [-0.2, -0.15) is 5.10 Å². The highest BCUT2D eigenvalue weighted by Crippen LogP contribution is 2.29. The summed E-state index contributed by atoms with van der Waals surface area (Å²) in [4.78, 5) is 25.7. The highest BCUT2D eigenvalue weighted by molar-refractivity contribution is 5.98. The van der Waals surface area contributed by atoms with Gasteiger partial charge >= 0.3 is 0 Å². The highest BCUT2D eigenvalue weighted by Gasteiger charge is 2.41. The second-order valence-corrected chi connectivity index (χ2v) is 7.30. The van der Waals surface area contributed by atoms with E-state index >= 15 is 0 Å². The fraction of sp³-hybridized carbons (Fsp3) is 0.476. The van der Waals surface area contributed by atoms with Crippen LogP contribution in [0.3, 0.4) is 0 Å². The lowest BCUT2D eigenvalue weighted by Crippen LogP contribution is -2.59. The Bertz CT molecular complexity index is 827. The molecule has 1 aromatic heterocycles. The van der Waals surface area contributed by atoms with Crippen molar-refractivity contribution in [3.63, 3.8) is 0 Å². The summed E-state index contributed by atoms with van der Waals surface area (Å²) in [5, 5.41) is 10.1. The van der Waals surface area contributed by atoms with Crippen LogP contribution in [0.4, 0.5) is 4.39 Å².